The monoisotopic (exact) mass is 356 g/mol. The number of methoxy groups -OCH3 is 1. The Hall–Kier alpha value is -1.64. The van der Waals surface area contributed by atoms with Gasteiger partial charge in [-0.3, -0.25) is 9.10 Å². The first kappa shape index (κ1) is 18.7. The predicted octanol–water partition coefficient (Wildman–Crippen LogP) is 0.681. The Bertz CT molecular complexity index is 660. The number of amides is 1. The van der Waals surface area contributed by atoms with E-state index in [1.165, 1.54) is 0 Å². The average Bonchev–Trinajstić information content (AvgIpc) is 2.53. The molecule has 1 fully saturated rings. The summed E-state index contributed by atoms with van der Waals surface area (Å²) in [4.78, 5) is 12.4. The summed E-state index contributed by atoms with van der Waals surface area (Å²) in [5.74, 6) is -0.366. The lowest BCUT2D eigenvalue weighted by molar-refractivity contribution is -0.123. The molecule has 1 amide bonds. The second-order valence-electron chi connectivity index (χ2n) is 5.92. The van der Waals surface area contributed by atoms with E-state index in [1.54, 1.807) is 19.2 Å². The highest BCUT2D eigenvalue weighted by molar-refractivity contribution is 7.92. The number of nitrogens with zero attached hydrogens (tertiary/aromatic N) is 1. The molecule has 2 atom stereocenters. The number of aryl methyl sites for hydroxylation is 1. The van der Waals surface area contributed by atoms with Crippen LogP contribution in [0, 0.1) is 6.92 Å². The molecule has 1 aromatic rings. The second kappa shape index (κ2) is 7.96. The van der Waals surface area contributed by atoms with E-state index in [-0.39, 0.29) is 24.6 Å². The van der Waals surface area contributed by atoms with Gasteiger partial charge in [-0.25, -0.2) is 8.42 Å². The molecule has 1 N–H and O–H groups in total. The molecule has 1 aliphatic heterocycles. The predicted molar refractivity (Wildman–Crippen MR) is 91.5 cm³/mol. The molecule has 1 aliphatic rings. The number of ether oxygens (including phenoxy) is 2. The smallest absolute Gasteiger partial charge is 0.241 e. The maximum absolute atomic E-state index is 12.4. The fraction of sp³-hybridized carbons (Fsp3) is 0.562. The van der Waals surface area contributed by atoms with E-state index in [2.05, 4.69) is 5.32 Å². The van der Waals surface area contributed by atoms with Crippen molar-refractivity contribution in [3.63, 3.8) is 0 Å². The number of hydrogen-bond acceptors (Lipinski definition) is 5. The van der Waals surface area contributed by atoms with Crippen LogP contribution in [0.5, 0.6) is 0 Å². The second-order valence-corrected chi connectivity index (χ2v) is 7.82. The molecule has 2 rings (SSSR count). The molecule has 8 heteroatoms. The van der Waals surface area contributed by atoms with Crippen molar-refractivity contribution in [3.05, 3.63) is 29.8 Å². The van der Waals surface area contributed by atoms with Crippen molar-refractivity contribution in [2.45, 2.75) is 25.5 Å². The zero-order valence-electron chi connectivity index (χ0n) is 14.2. The first-order chi connectivity index (χ1) is 11.3. The summed E-state index contributed by atoms with van der Waals surface area (Å²) in [6.07, 6.45) is 1.49. The van der Waals surface area contributed by atoms with Crippen LogP contribution < -0.4 is 9.62 Å². The van der Waals surface area contributed by atoms with Gasteiger partial charge in [0.2, 0.25) is 15.9 Å². The minimum atomic E-state index is -3.57. The number of rotatable bonds is 6. The molecule has 24 heavy (non-hydrogen) atoms. The molecule has 0 aliphatic carbocycles. The summed E-state index contributed by atoms with van der Waals surface area (Å²) in [7, 11) is -2.01. The van der Waals surface area contributed by atoms with Gasteiger partial charge in [0.05, 0.1) is 24.6 Å². The summed E-state index contributed by atoms with van der Waals surface area (Å²) in [6.45, 7) is 2.60. The molecule has 0 bridgehead atoms. The summed E-state index contributed by atoms with van der Waals surface area (Å²) in [5, 5.41) is 2.85. The largest absolute Gasteiger partial charge is 0.379 e. The van der Waals surface area contributed by atoms with E-state index in [0.717, 1.165) is 16.1 Å². The topological polar surface area (TPSA) is 84.9 Å². The molecular weight excluding hydrogens is 332 g/mol. The number of carbonyl (C=O) groups excluding carboxylic acids is 1. The minimum absolute atomic E-state index is 0.185. The Kier molecular flexibility index (Phi) is 6.20. The number of anilines is 1. The lowest BCUT2D eigenvalue weighted by atomic mass is 10.1. The maximum Gasteiger partial charge on any atom is 0.241 e. The van der Waals surface area contributed by atoms with Crippen molar-refractivity contribution in [2.24, 2.45) is 0 Å². The molecular formula is C16H24N2O5S. The summed E-state index contributed by atoms with van der Waals surface area (Å²) in [5.41, 5.74) is 1.48. The standard InChI is InChI=1S/C16H24N2O5S/c1-12-4-6-13(7-5-12)18(24(3,20)21)10-16(19)17-14-8-9-23-11-15(14)22-2/h4-7,14-15H,8-11H2,1-3H3,(H,17,19)/t14-,15-/m1/s1. The molecule has 1 aromatic carbocycles. The quantitative estimate of drug-likeness (QED) is 0.810. The van der Waals surface area contributed by atoms with Crippen LogP contribution in [0.1, 0.15) is 12.0 Å². The molecule has 0 aromatic heterocycles. The Morgan fingerprint density at radius 2 is 2.04 bits per heavy atom. The highest BCUT2D eigenvalue weighted by atomic mass is 32.2. The zero-order valence-corrected chi connectivity index (χ0v) is 15.0. The fourth-order valence-electron chi connectivity index (χ4n) is 2.60. The van der Waals surface area contributed by atoms with E-state index in [4.69, 9.17) is 9.47 Å². The molecule has 0 radical (unpaired) electrons. The van der Waals surface area contributed by atoms with Gasteiger partial charge in [-0.2, -0.15) is 0 Å². The third-order valence-corrected chi connectivity index (χ3v) is 5.10. The van der Waals surface area contributed by atoms with Gasteiger partial charge >= 0.3 is 0 Å². The van der Waals surface area contributed by atoms with Crippen LogP contribution in [0.25, 0.3) is 0 Å². The summed E-state index contributed by atoms with van der Waals surface area (Å²) >= 11 is 0. The van der Waals surface area contributed by atoms with Crippen LogP contribution in [0.4, 0.5) is 5.69 Å². The van der Waals surface area contributed by atoms with Crippen LogP contribution >= 0.6 is 0 Å². The Morgan fingerprint density at radius 1 is 1.38 bits per heavy atom. The normalized spacial score (nSPS) is 21.3. The number of hydrogen-bond donors (Lipinski definition) is 1. The van der Waals surface area contributed by atoms with Gasteiger partial charge in [-0.05, 0) is 25.5 Å². The fourth-order valence-corrected chi connectivity index (χ4v) is 3.46. The number of nitrogens with one attached hydrogen (secondary N) is 1. The molecule has 0 saturated carbocycles. The van der Waals surface area contributed by atoms with E-state index in [1.807, 2.05) is 19.1 Å². The molecule has 134 valence electrons. The van der Waals surface area contributed by atoms with Crippen molar-refractivity contribution >= 4 is 21.6 Å². The van der Waals surface area contributed by atoms with Crippen LogP contribution in [0.3, 0.4) is 0 Å². The SMILES string of the molecule is CO[C@@H]1COCC[C@H]1NC(=O)CN(c1ccc(C)cc1)S(C)(=O)=O. The molecule has 0 spiro atoms. The van der Waals surface area contributed by atoms with E-state index < -0.39 is 10.0 Å². The third kappa shape index (κ3) is 4.93. The highest BCUT2D eigenvalue weighted by Gasteiger charge is 2.28. The van der Waals surface area contributed by atoms with Gasteiger partial charge in [0.25, 0.3) is 0 Å². The first-order valence-electron chi connectivity index (χ1n) is 7.75. The maximum atomic E-state index is 12.4. The van der Waals surface area contributed by atoms with Gasteiger partial charge in [0.1, 0.15) is 12.6 Å². The third-order valence-electron chi connectivity index (χ3n) is 3.96. The Morgan fingerprint density at radius 3 is 2.62 bits per heavy atom. The van der Waals surface area contributed by atoms with Gasteiger partial charge in [0, 0.05) is 13.7 Å². The van der Waals surface area contributed by atoms with E-state index in [0.29, 0.717) is 25.3 Å². The molecule has 0 unspecified atom stereocenters. The molecule has 1 saturated heterocycles. The van der Waals surface area contributed by atoms with Crippen molar-refractivity contribution in [3.8, 4) is 0 Å². The number of carbonyl (C=O) groups is 1. The van der Waals surface area contributed by atoms with E-state index >= 15 is 0 Å². The lowest BCUT2D eigenvalue weighted by Crippen LogP contribution is -2.52. The minimum Gasteiger partial charge on any atom is -0.379 e. The van der Waals surface area contributed by atoms with Crippen molar-refractivity contribution in [1.82, 2.24) is 5.32 Å². The Labute approximate surface area is 143 Å². The van der Waals surface area contributed by atoms with Gasteiger partial charge in [-0.1, -0.05) is 17.7 Å². The average molecular weight is 356 g/mol. The zero-order chi connectivity index (χ0) is 17.7. The summed E-state index contributed by atoms with van der Waals surface area (Å²) < 4.78 is 35.9. The van der Waals surface area contributed by atoms with Gasteiger partial charge in [0.15, 0.2) is 0 Å². The molecule has 7 nitrogen and oxygen atoms in total. The van der Waals surface area contributed by atoms with Crippen LogP contribution in [-0.4, -0.2) is 59.6 Å². The van der Waals surface area contributed by atoms with Crippen LogP contribution in [0.15, 0.2) is 24.3 Å². The summed E-state index contributed by atoms with van der Waals surface area (Å²) in [6, 6.07) is 6.82. The van der Waals surface area contributed by atoms with Gasteiger partial charge < -0.3 is 14.8 Å². The van der Waals surface area contributed by atoms with Crippen LogP contribution in [-0.2, 0) is 24.3 Å². The number of benzene rings is 1. The first-order valence-corrected chi connectivity index (χ1v) is 9.60. The Balaban J connectivity index is 2.09. The van der Waals surface area contributed by atoms with Gasteiger partial charge in [-0.15, -0.1) is 0 Å². The lowest BCUT2D eigenvalue weighted by Gasteiger charge is -2.31. The number of sulfonamides is 1. The van der Waals surface area contributed by atoms with Crippen LogP contribution in [0.2, 0.25) is 0 Å². The highest BCUT2D eigenvalue weighted by Crippen LogP contribution is 2.18. The van der Waals surface area contributed by atoms with Crippen molar-refractivity contribution < 1.29 is 22.7 Å². The van der Waals surface area contributed by atoms with Crippen molar-refractivity contribution in [2.75, 3.05) is 37.4 Å². The van der Waals surface area contributed by atoms with Crippen molar-refractivity contribution in [1.29, 1.82) is 0 Å². The van der Waals surface area contributed by atoms with E-state index in [9.17, 15) is 13.2 Å². The molecule has 1 heterocycles.